The number of aromatic amines is 2. The fraction of sp³-hybridized carbons (Fsp3) is 0.304. The number of benzene rings is 4. The number of H-pyrrole nitrogens is 2. The summed E-state index contributed by atoms with van der Waals surface area (Å²) in [6.07, 6.45) is 8.24. The monoisotopic (exact) mass is 818 g/mol. The molecule has 2 aliphatic heterocycles. The minimum atomic E-state index is -0.613. The number of amides is 4. The number of aryl methyl sites for hydroxylation is 2. The van der Waals surface area contributed by atoms with E-state index in [4.69, 9.17) is 23.2 Å². The van der Waals surface area contributed by atoms with Crippen LogP contribution in [0.2, 0.25) is 10.0 Å². The number of fused-ring (bicyclic) bond motifs is 2. The summed E-state index contributed by atoms with van der Waals surface area (Å²) in [5.74, 6) is -1.85. The van der Waals surface area contributed by atoms with Gasteiger partial charge in [-0.05, 0) is 121 Å². The van der Waals surface area contributed by atoms with Gasteiger partial charge < -0.3 is 30.4 Å². The second-order valence-corrected chi connectivity index (χ2v) is 15.7. The van der Waals surface area contributed by atoms with Crippen molar-refractivity contribution in [3.05, 3.63) is 130 Å². The number of halogens is 2. The second-order valence-electron chi connectivity index (χ2n) is 14.8. The summed E-state index contributed by atoms with van der Waals surface area (Å²) in [5, 5.41) is 9.35. The molecule has 4 heterocycles. The molecule has 4 N–H and O–H groups in total. The molecule has 4 amide bonds. The van der Waals surface area contributed by atoms with Gasteiger partial charge in [0.25, 0.3) is 0 Å². The highest BCUT2D eigenvalue weighted by atomic mass is 35.5. The van der Waals surface area contributed by atoms with E-state index in [0.717, 1.165) is 57.1 Å². The van der Waals surface area contributed by atoms with Gasteiger partial charge in [-0.1, -0.05) is 61.3 Å². The third-order valence-electron chi connectivity index (χ3n) is 11.2. The van der Waals surface area contributed by atoms with Crippen molar-refractivity contribution in [3.8, 4) is 0 Å². The number of rotatable bonds is 12. The van der Waals surface area contributed by atoms with Crippen LogP contribution >= 0.6 is 23.2 Å². The number of aromatic nitrogens is 2. The maximum Gasteiger partial charge on any atom is 0.239 e. The SMILES string of the molecule is CCc1ccc(N2CCC(C(=O)NCCc3c[nH]c4ccc(Cl)cc34)C2=O)cc1.CCc1ccc(N2CCC(C(=O)NCCc3c[nH]c4ccc(Cl)cc34)C2=O)cc1. The summed E-state index contributed by atoms with van der Waals surface area (Å²) in [5.41, 5.74) is 8.41. The Bertz CT molecular complexity index is 2250. The van der Waals surface area contributed by atoms with Crippen LogP contribution in [0.1, 0.15) is 48.9 Å². The lowest BCUT2D eigenvalue weighted by atomic mass is 10.1. The molecule has 0 radical (unpaired) electrons. The van der Waals surface area contributed by atoms with Crippen LogP contribution in [-0.2, 0) is 44.9 Å². The molecular weight excluding hydrogens is 771 g/mol. The zero-order valence-corrected chi connectivity index (χ0v) is 34.3. The maximum absolute atomic E-state index is 12.8. The molecule has 2 unspecified atom stereocenters. The van der Waals surface area contributed by atoms with Crippen molar-refractivity contribution in [2.24, 2.45) is 11.8 Å². The first-order chi connectivity index (χ1) is 28.1. The molecule has 2 aliphatic rings. The molecule has 6 aromatic rings. The highest BCUT2D eigenvalue weighted by Gasteiger charge is 2.38. The Labute approximate surface area is 348 Å². The van der Waals surface area contributed by atoms with Gasteiger partial charge in [-0.2, -0.15) is 0 Å². The number of carbonyl (C=O) groups excluding carboxylic acids is 4. The Morgan fingerprint density at radius 1 is 0.621 bits per heavy atom. The number of nitrogens with zero attached hydrogens (tertiary/aromatic N) is 2. The molecule has 4 aromatic carbocycles. The van der Waals surface area contributed by atoms with Crippen molar-refractivity contribution in [2.75, 3.05) is 36.0 Å². The maximum atomic E-state index is 12.8. The summed E-state index contributed by atoms with van der Waals surface area (Å²) < 4.78 is 0. The molecule has 8 rings (SSSR count). The highest BCUT2D eigenvalue weighted by Crippen LogP contribution is 2.28. The summed E-state index contributed by atoms with van der Waals surface area (Å²) in [6.45, 7) is 6.30. The third kappa shape index (κ3) is 9.09. The number of anilines is 2. The van der Waals surface area contributed by atoms with Crippen molar-refractivity contribution in [3.63, 3.8) is 0 Å². The minimum absolute atomic E-state index is 0.120. The zero-order valence-electron chi connectivity index (χ0n) is 32.7. The van der Waals surface area contributed by atoms with E-state index in [1.165, 1.54) is 11.1 Å². The van der Waals surface area contributed by atoms with Crippen molar-refractivity contribution in [1.82, 2.24) is 20.6 Å². The lowest BCUT2D eigenvalue weighted by molar-refractivity contribution is -0.133. The van der Waals surface area contributed by atoms with Crippen LogP contribution in [0.4, 0.5) is 11.4 Å². The predicted molar refractivity (Wildman–Crippen MR) is 233 cm³/mol. The first-order valence-electron chi connectivity index (χ1n) is 20.0. The van der Waals surface area contributed by atoms with Gasteiger partial charge in [0.05, 0.1) is 0 Å². The van der Waals surface area contributed by atoms with Gasteiger partial charge in [0, 0.05) is 81.8 Å². The van der Waals surface area contributed by atoms with Gasteiger partial charge in [0.2, 0.25) is 23.6 Å². The average Bonchev–Trinajstić information content (AvgIpc) is 4.03. The molecular formula is C46H48Cl2N6O4. The Morgan fingerprint density at radius 2 is 1.02 bits per heavy atom. The smallest absolute Gasteiger partial charge is 0.239 e. The Kier molecular flexibility index (Phi) is 12.8. The summed E-state index contributed by atoms with van der Waals surface area (Å²) in [4.78, 5) is 60.5. The van der Waals surface area contributed by atoms with E-state index in [1.807, 2.05) is 97.3 Å². The second kappa shape index (κ2) is 18.3. The first-order valence-corrected chi connectivity index (χ1v) is 20.8. The molecule has 58 heavy (non-hydrogen) atoms. The van der Waals surface area contributed by atoms with Gasteiger partial charge in [-0.15, -0.1) is 0 Å². The fourth-order valence-corrected chi connectivity index (χ4v) is 8.13. The third-order valence-corrected chi connectivity index (χ3v) is 11.7. The summed E-state index contributed by atoms with van der Waals surface area (Å²) in [6, 6.07) is 27.4. The number of nitrogens with one attached hydrogen (secondary N) is 4. The highest BCUT2D eigenvalue weighted by molar-refractivity contribution is 6.31. The van der Waals surface area contributed by atoms with Crippen LogP contribution in [0.15, 0.2) is 97.3 Å². The van der Waals surface area contributed by atoms with Crippen LogP contribution in [0.5, 0.6) is 0 Å². The minimum Gasteiger partial charge on any atom is -0.361 e. The van der Waals surface area contributed by atoms with Crippen molar-refractivity contribution < 1.29 is 19.2 Å². The lowest BCUT2D eigenvalue weighted by Gasteiger charge is -2.17. The van der Waals surface area contributed by atoms with Crippen LogP contribution in [0, 0.1) is 11.8 Å². The molecule has 2 aromatic heterocycles. The first kappa shape index (κ1) is 40.6. The van der Waals surface area contributed by atoms with Crippen molar-refractivity contribution >= 4 is 80.0 Å². The van der Waals surface area contributed by atoms with E-state index in [2.05, 4.69) is 34.4 Å². The van der Waals surface area contributed by atoms with E-state index >= 15 is 0 Å². The van der Waals surface area contributed by atoms with Crippen molar-refractivity contribution in [2.45, 2.75) is 52.4 Å². The van der Waals surface area contributed by atoms with Gasteiger partial charge in [0.15, 0.2) is 0 Å². The molecule has 300 valence electrons. The van der Waals surface area contributed by atoms with Crippen LogP contribution in [0.25, 0.3) is 21.8 Å². The largest absolute Gasteiger partial charge is 0.361 e. The zero-order chi connectivity index (χ0) is 40.8. The van der Waals surface area contributed by atoms with Gasteiger partial charge in [-0.25, -0.2) is 0 Å². The topological polar surface area (TPSA) is 130 Å². The van der Waals surface area contributed by atoms with E-state index in [-0.39, 0.29) is 23.6 Å². The van der Waals surface area contributed by atoms with E-state index in [1.54, 1.807) is 9.80 Å². The Balaban J connectivity index is 0.000000177. The molecule has 0 spiro atoms. The summed E-state index contributed by atoms with van der Waals surface area (Å²) in [7, 11) is 0. The van der Waals surface area contributed by atoms with E-state index in [9.17, 15) is 19.2 Å². The lowest BCUT2D eigenvalue weighted by Crippen LogP contribution is -2.37. The number of hydrogen-bond acceptors (Lipinski definition) is 4. The molecule has 0 bridgehead atoms. The number of hydrogen-bond donors (Lipinski definition) is 4. The number of carbonyl (C=O) groups is 4. The fourth-order valence-electron chi connectivity index (χ4n) is 7.78. The van der Waals surface area contributed by atoms with Crippen molar-refractivity contribution in [1.29, 1.82) is 0 Å². The quantitative estimate of drug-likeness (QED) is 0.0929. The molecule has 12 heteroatoms. The molecule has 0 aliphatic carbocycles. The Morgan fingerprint density at radius 3 is 1.40 bits per heavy atom. The summed E-state index contributed by atoms with van der Waals surface area (Å²) >= 11 is 12.2. The Hall–Kier alpha value is -5.58. The standard InChI is InChI=1S/2C23H24ClN3O2/c2*1-2-15-3-6-18(7-4-15)27-12-10-19(23(27)29)22(28)25-11-9-16-14-26-21-8-5-17(24)13-20(16)21/h2*3-8,13-14,19,26H,2,9-12H2,1H3,(H,25,28). The van der Waals surface area contributed by atoms with Crippen LogP contribution < -0.4 is 20.4 Å². The molecule has 0 saturated carbocycles. The molecule has 2 saturated heterocycles. The van der Waals surface area contributed by atoms with Gasteiger partial charge in [0.1, 0.15) is 11.8 Å². The molecule has 10 nitrogen and oxygen atoms in total. The van der Waals surface area contributed by atoms with Gasteiger partial charge >= 0.3 is 0 Å². The predicted octanol–water partition coefficient (Wildman–Crippen LogP) is 8.19. The normalized spacial score (nSPS) is 16.6. The van der Waals surface area contributed by atoms with Gasteiger partial charge in [-0.3, -0.25) is 19.2 Å². The van der Waals surface area contributed by atoms with Crippen LogP contribution in [0.3, 0.4) is 0 Å². The van der Waals surface area contributed by atoms with E-state index < -0.39 is 11.8 Å². The molecule has 2 atom stereocenters. The average molecular weight is 820 g/mol. The van der Waals surface area contributed by atoms with E-state index in [0.29, 0.717) is 61.9 Å². The molecule has 2 fully saturated rings. The van der Waals surface area contributed by atoms with Crippen LogP contribution in [-0.4, -0.2) is 59.8 Å².